The zero-order valence-electron chi connectivity index (χ0n) is 26.1. The first kappa shape index (κ1) is 34.5. The fourth-order valence-corrected chi connectivity index (χ4v) is 5.76. The summed E-state index contributed by atoms with van der Waals surface area (Å²) in [6.45, 7) is 6.51. The van der Waals surface area contributed by atoms with Gasteiger partial charge in [0.05, 0.1) is 18.6 Å². The van der Waals surface area contributed by atoms with Crippen molar-refractivity contribution >= 4 is 33.7 Å². The number of esters is 1. The van der Waals surface area contributed by atoms with Crippen LogP contribution >= 0.6 is 0 Å². The van der Waals surface area contributed by atoms with Crippen molar-refractivity contribution in [3.05, 3.63) is 76.5 Å². The van der Waals surface area contributed by atoms with E-state index in [0.29, 0.717) is 25.4 Å². The number of hydrogen-bond acceptors (Lipinski definition) is 10. The number of nitrogen functional groups attached to an aromatic ring is 1. The summed E-state index contributed by atoms with van der Waals surface area (Å²) < 4.78 is 29.5. The Kier molecular flexibility index (Phi) is 13.1. The van der Waals surface area contributed by atoms with E-state index >= 15 is 0 Å². The van der Waals surface area contributed by atoms with Gasteiger partial charge >= 0.3 is 5.97 Å². The number of fused-ring (bicyclic) bond motifs is 1. The normalized spacial score (nSPS) is 13.1. The molecule has 2 heterocycles. The van der Waals surface area contributed by atoms with Crippen LogP contribution in [0.15, 0.2) is 53.4 Å². The smallest absolute Gasteiger partial charge is 0.310 e. The lowest BCUT2D eigenvalue weighted by molar-refractivity contribution is -0.142. The predicted molar refractivity (Wildman–Crippen MR) is 172 cm³/mol. The highest BCUT2D eigenvalue weighted by Gasteiger charge is 2.31. The van der Waals surface area contributed by atoms with Crippen LogP contribution in [0.5, 0.6) is 0 Å². The number of nitrogens with one attached hydrogen (secondary N) is 2. The zero-order chi connectivity index (χ0) is 32.1. The molecule has 1 aliphatic heterocycles. The molecule has 11 nitrogen and oxygen atoms in total. The standard InChI is InChI=1S/C25H39N5O2.C7H5NO3S/c1-5-6-7-14-27-24-22(19(2)28-25(26)29-24)17-20-10-12-21(13-11-20)18-23(31)32-16-9-8-15-30(3)4;9-7-5-3-1-2-4-6(5)12(10,11)8-7/h10-13H,5-9,14-18H2,1-4H3,(H3,26,27,28,29);1-4H,(H,8,9). The summed E-state index contributed by atoms with van der Waals surface area (Å²) in [7, 11) is 0.533. The quantitative estimate of drug-likeness (QED) is 0.176. The molecule has 2 aromatic carbocycles. The molecular weight excluding hydrogens is 580 g/mol. The van der Waals surface area contributed by atoms with Gasteiger partial charge in [0.1, 0.15) is 10.7 Å². The molecule has 0 unspecified atom stereocenters. The molecule has 1 aromatic heterocycles. The van der Waals surface area contributed by atoms with Crippen LogP contribution in [0.3, 0.4) is 0 Å². The highest BCUT2D eigenvalue weighted by atomic mass is 32.2. The highest BCUT2D eigenvalue weighted by Crippen LogP contribution is 2.22. The second-order valence-corrected chi connectivity index (χ2v) is 12.6. The van der Waals surface area contributed by atoms with Crippen molar-refractivity contribution in [1.82, 2.24) is 19.6 Å². The van der Waals surface area contributed by atoms with Crippen molar-refractivity contribution in [3.63, 3.8) is 0 Å². The van der Waals surface area contributed by atoms with E-state index in [1.54, 1.807) is 12.1 Å². The summed E-state index contributed by atoms with van der Waals surface area (Å²) in [5.74, 6) is 0.377. The predicted octanol–water partition coefficient (Wildman–Crippen LogP) is 4.11. The molecule has 0 spiro atoms. The van der Waals surface area contributed by atoms with E-state index in [9.17, 15) is 18.0 Å². The maximum absolute atomic E-state index is 12.1. The van der Waals surface area contributed by atoms with Gasteiger partial charge in [0.15, 0.2) is 0 Å². The van der Waals surface area contributed by atoms with Gasteiger partial charge in [-0.25, -0.2) is 18.1 Å². The number of hydrogen-bond donors (Lipinski definition) is 3. The molecule has 44 heavy (non-hydrogen) atoms. The van der Waals surface area contributed by atoms with E-state index in [2.05, 4.69) is 39.2 Å². The Bertz CT molecular complexity index is 1510. The van der Waals surface area contributed by atoms with E-state index in [-0.39, 0.29) is 16.4 Å². The number of anilines is 2. The van der Waals surface area contributed by atoms with Crippen LogP contribution < -0.4 is 15.8 Å². The van der Waals surface area contributed by atoms with E-state index in [4.69, 9.17) is 10.5 Å². The van der Waals surface area contributed by atoms with Crippen molar-refractivity contribution in [3.8, 4) is 0 Å². The first-order chi connectivity index (χ1) is 21.0. The molecule has 0 saturated carbocycles. The van der Waals surface area contributed by atoms with E-state index in [1.165, 1.54) is 25.0 Å². The average Bonchev–Trinajstić information content (AvgIpc) is 3.21. The lowest BCUT2D eigenvalue weighted by Crippen LogP contribution is -2.20. The molecule has 0 saturated heterocycles. The van der Waals surface area contributed by atoms with Gasteiger partial charge in [-0.3, -0.25) is 9.59 Å². The van der Waals surface area contributed by atoms with Gasteiger partial charge in [0, 0.05) is 24.2 Å². The van der Waals surface area contributed by atoms with Gasteiger partial charge < -0.3 is 20.7 Å². The summed E-state index contributed by atoms with van der Waals surface area (Å²) >= 11 is 0. The number of unbranched alkanes of at least 4 members (excludes halogenated alkanes) is 3. The number of carbonyl (C=O) groups excluding carboxylic acids is 2. The molecule has 238 valence electrons. The Morgan fingerprint density at radius 2 is 1.70 bits per heavy atom. The van der Waals surface area contributed by atoms with Crippen molar-refractivity contribution in [2.24, 2.45) is 0 Å². The maximum Gasteiger partial charge on any atom is 0.310 e. The van der Waals surface area contributed by atoms with Crippen molar-refractivity contribution in [2.75, 3.05) is 44.8 Å². The van der Waals surface area contributed by atoms with Crippen molar-refractivity contribution in [1.29, 1.82) is 0 Å². The Balaban J connectivity index is 0.000000363. The summed E-state index contributed by atoms with van der Waals surface area (Å²) in [5.41, 5.74) is 10.1. The summed E-state index contributed by atoms with van der Waals surface area (Å²) in [5, 5.41) is 3.43. The van der Waals surface area contributed by atoms with Gasteiger partial charge in [0.2, 0.25) is 5.95 Å². The van der Waals surface area contributed by atoms with Gasteiger partial charge in [-0.05, 0) is 70.1 Å². The third kappa shape index (κ3) is 10.6. The topological polar surface area (TPSA) is 157 Å². The number of aromatic nitrogens is 2. The first-order valence-electron chi connectivity index (χ1n) is 14.9. The fraction of sp³-hybridized carbons (Fsp3) is 0.438. The number of sulfonamides is 1. The number of nitrogens with zero attached hydrogens (tertiary/aromatic N) is 3. The summed E-state index contributed by atoms with van der Waals surface area (Å²) in [6.07, 6.45) is 6.37. The van der Waals surface area contributed by atoms with Crippen molar-refractivity contribution < 1.29 is 22.7 Å². The van der Waals surface area contributed by atoms with Gasteiger partial charge in [-0.1, -0.05) is 56.2 Å². The Hall–Kier alpha value is -4.03. The number of nitrogens with two attached hydrogens (primary N) is 1. The molecule has 1 aliphatic rings. The third-order valence-electron chi connectivity index (χ3n) is 6.97. The molecule has 4 rings (SSSR count). The Labute approximate surface area is 260 Å². The molecule has 0 aliphatic carbocycles. The second kappa shape index (κ2) is 16.7. The molecule has 12 heteroatoms. The van der Waals surface area contributed by atoms with Crippen LogP contribution in [0.1, 0.15) is 71.8 Å². The summed E-state index contributed by atoms with van der Waals surface area (Å²) in [4.78, 5) is 34.0. The molecule has 4 N–H and O–H groups in total. The van der Waals surface area contributed by atoms with Gasteiger partial charge in [-0.2, -0.15) is 4.98 Å². The number of amides is 1. The zero-order valence-corrected chi connectivity index (χ0v) is 26.9. The van der Waals surface area contributed by atoms with E-state index in [0.717, 1.165) is 60.6 Å². The number of ether oxygens (including phenoxy) is 1. The van der Waals surface area contributed by atoms with Crippen LogP contribution in [-0.2, 0) is 32.4 Å². The molecule has 0 fully saturated rings. The fourth-order valence-electron chi connectivity index (χ4n) is 4.59. The number of benzene rings is 2. The van der Waals surface area contributed by atoms with Crippen LogP contribution in [0.2, 0.25) is 0 Å². The second-order valence-electron chi connectivity index (χ2n) is 11.0. The largest absolute Gasteiger partial charge is 0.465 e. The van der Waals surface area contributed by atoms with E-state index in [1.807, 2.05) is 37.9 Å². The van der Waals surface area contributed by atoms with Crippen LogP contribution in [0, 0.1) is 6.92 Å². The average molecular weight is 625 g/mol. The third-order valence-corrected chi connectivity index (χ3v) is 8.36. The highest BCUT2D eigenvalue weighted by molar-refractivity contribution is 7.90. The molecule has 1 amide bonds. The number of rotatable bonds is 14. The van der Waals surface area contributed by atoms with Crippen molar-refractivity contribution in [2.45, 2.75) is 63.7 Å². The molecule has 3 aromatic rings. The minimum Gasteiger partial charge on any atom is -0.465 e. The number of carbonyl (C=O) groups is 2. The monoisotopic (exact) mass is 624 g/mol. The minimum absolute atomic E-state index is 0.0648. The molecule has 0 radical (unpaired) electrons. The van der Waals surface area contributed by atoms with Crippen LogP contribution in [0.25, 0.3) is 0 Å². The molecule has 0 atom stereocenters. The minimum atomic E-state index is -3.55. The first-order valence-corrected chi connectivity index (χ1v) is 16.4. The van der Waals surface area contributed by atoms with Gasteiger partial charge in [0.25, 0.3) is 15.9 Å². The molecular formula is C32H44N6O5S. The Morgan fingerprint density at radius 1 is 1.00 bits per heavy atom. The summed E-state index contributed by atoms with van der Waals surface area (Å²) in [6, 6.07) is 14.2. The van der Waals surface area contributed by atoms with Crippen LogP contribution in [-0.4, -0.2) is 69.0 Å². The van der Waals surface area contributed by atoms with Gasteiger partial charge in [-0.15, -0.1) is 0 Å². The van der Waals surface area contributed by atoms with E-state index < -0.39 is 15.9 Å². The Morgan fingerprint density at radius 3 is 2.39 bits per heavy atom. The maximum atomic E-state index is 12.1. The molecule has 0 bridgehead atoms. The lowest BCUT2D eigenvalue weighted by Gasteiger charge is -2.14. The number of aryl methyl sites for hydroxylation is 1. The lowest BCUT2D eigenvalue weighted by atomic mass is 10.0. The SMILES string of the molecule is CCCCCNc1nc(N)nc(C)c1Cc1ccc(CC(=O)OCCCCN(C)C)cc1.O=C1NS(=O)(=O)c2ccccc21. The van der Waals surface area contributed by atoms with Crippen LogP contribution in [0.4, 0.5) is 11.8 Å².